The lowest BCUT2D eigenvalue weighted by Crippen LogP contribution is -2.31. The molecule has 0 saturated heterocycles. The summed E-state index contributed by atoms with van der Waals surface area (Å²) in [5.74, 6) is -1.66. The number of esters is 1. The van der Waals surface area contributed by atoms with Gasteiger partial charge in [-0.2, -0.15) is 0 Å². The van der Waals surface area contributed by atoms with Crippen LogP contribution in [0.2, 0.25) is 0 Å². The molecule has 1 N–H and O–H groups in total. The number of carbonyl (C=O) groups excluding carboxylic acids is 2. The van der Waals surface area contributed by atoms with Crippen LogP contribution < -0.4 is 5.32 Å². The minimum atomic E-state index is -0.900. The Labute approximate surface area is 74.7 Å². The van der Waals surface area contributed by atoms with Crippen molar-refractivity contribution in [3.63, 3.8) is 0 Å². The summed E-state index contributed by atoms with van der Waals surface area (Å²) in [7, 11) is 1.15. The van der Waals surface area contributed by atoms with Crippen molar-refractivity contribution < 1.29 is 18.7 Å². The molecule has 0 unspecified atom stereocenters. The van der Waals surface area contributed by atoms with Crippen molar-refractivity contribution in [2.45, 2.75) is 6.54 Å². The third kappa shape index (κ3) is 2.62. The van der Waals surface area contributed by atoms with Crippen molar-refractivity contribution in [3.8, 4) is 0 Å². The molecule has 0 aliphatic heterocycles. The van der Waals surface area contributed by atoms with Gasteiger partial charge >= 0.3 is 11.9 Å². The van der Waals surface area contributed by atoms with Gasteiger partial charge in [-0.25, -0.2) is 4.79 Å². The molecule has 0 aliphatic rings. The van der Waals surface area contributed by atoms with Gasteiger partial charge in [-0.1, -0.05) is 0 Å². The molecule has 0 bridgehead atoms. The summed E-state index contributed by atoms with van der Waals surface area (Å²) in [6.07, 6.45) is 2.97. The van der Waals surface area contributed by atoms with E-state index in [4.69, 9.17) is 4.42 Å². The lowest BCUT2D eigenvalue weighted by atomic mass is 10.3. The molecule has 1 aromatic rings. The van der Waals surface area contributed by atoms with Crippen molar-refractivity contribution in [1.29, 1.82) is 0 Å². The first-order chi connectivity index (χ1) is 6.24. The van der Waals surface area contributed by atoms with Gasteiger partial charge < -0.3 is 14.5 Å². The number of amides is 1. The quantitative estimate of drug-likeness (QED) is 0.520. The second-order valence-corrected chi connectivity index (χ2v) is 2.31. The fourth-order valence-electron chi connectivity index (χ4n) is 0.740. The van der Waals surface area contributed by atoms with Crippen LogP contribution in [-0.4, -0.2) is 19.0 Å². The Bertz CT molecular complexity index is 291. The third-order valence-electron chi connectivity index (χ3n) is 1.40. The zero-order valence-electron chi connectivity index (χ0n) is 7.07. The minimum Gasteiger partial charge on any atom is -0.472 e. The third-order valence-corrected chi connectivity index (χ3v) is 1.40. The molecule has 70 valence electrons. The van der Waals surface area contributed by atoms with Gasteiger partial charge in [0.05, 0.1) is 19.6 Å². The van der Waals surface area contributed by atoms with E-state index in [9.17, 15) is 9.59 Å². The van der Waals surface area contributed by atoms with Crippen molar-refractivity contribution in [3.05, 3.63) is 24.2 Å². The normalized spacial score (nSPS) is 9.31. The zero-order valence-corrected chi connectivity index (χ0v) is 7.07. The summed E-state index contributed by atoms with van der Waals surface area (Å²) in [5, 5.41) is 2.36. The number of hydrogen-bond acceptors (Lipinski definition) is 4. The average molecular weight is 183 g/mol. The molecule has 0 fully saturated rings. The molecular formula is C8H9NO4. The molecule has 0 aliphatic carbocycles. The van der Waals surface area contributed by atoms with Crippen LogP contribution in [0.5, 0.6) is 0 Å². The van der Waals surface area contributed by atoms with E-state index in [1.165, 1.54) is 12.5 Å². The number of furan rings is 1. The molecule has 0 saturated carbocycles. The number of carbonyl (C=O) groups is 2. The molecule has 1 aromatic heterocycles. The Balaban J connectivity index is 2.35. The first-order valence-electron chi connectivity index (χ1n) is 3.61. The molecule has 0 spiro atoms. The minimum absolute atomic E-state index is 0.254. The van der Waals surface area contributed by atoms with Gasteiger partial charge in [0.15, 0.2) is 0 Å². The molecule has 0 radical (unpaired) electrons. The Morgan fingerprint density at radius 3 is 2.92 bits per heavy atom. The maximum atomic E-state index is 10.9. The summed E-state index contributed by atoms with van der Waals surface area (Å²) in [5.41, 5.74) is 0.789. The molecule has 1 amide bonds. The number of methoxy groups -OCH3 is 1. The monoisotopic (exact) mass is 183 g/mol. The van der Waals surface area contributed by atoms with Gasteiger partial charge in [-0.05, 0) is 6.07 Å². The standard InChI is InChI=1S/C8H9NO4/c1-12-8(11)7(10)9-4-6-2-3-13-5-6/h2-3,5H,4H2,1H3,(H,9,10). The van der Waals surface area contributed by atoms with E-state index in [-0.39, 0.29) is 6.54 Å². The SMILES string of the molecule is COC(=O)C(=O)NCc1ccoc1. The fourth-order valence-corrected chi connectivity index (χ4v) is 0.740. The molecule has 5 nitrogen and oxygen atoms in total. The Morgan fingerprint density at radius 2 is 2.38 bits per heavy atom. The van der Waals surface area contributed by atoms with Gasteiger partial charge in [0.1, 0.15) is 0 Å². The second-order valence-electron chi connectivity index (χ2n) is 2.31. The first-order valence-corrected chi connectivity index (χ1v) is 3.61. The van der Waals surface area contributed by atoms with Gasteiger partial charge in [0.2, 0.25) is 0 Å². The number of ether oxygens (including phenoxy) is 1. The molecule has 13 heavy (non-hydrogen) atoms. The molecular weight excluding hydrogens is 174 g/mol. The predicted molar refractivity (Wildman–Crippen MR) is 42.6 cm³/mol. The highest BCUT2D eigenvalue weighted by atomic mass is 16.5. The number of rotatable bonds is 2. The van der Waals surface area contributed by atoms with Crippen LogP contribution in [0.3, 0.4) is 0 Å². The highest BCUT2D eigenvalue weighted by Gasteiger charge is 2.12. The predicted octanol–water partition coefficient (Wildman–Crippen LogP) is 0.0688. The molecule has 1 heterocycles. The summed E-state index contributed by atoms with van der Waals surface area (Å²) < 4.78 is 8.97. The largest absolute Gasteiger partial charge is 0.472 e. The lowest BCUT2D eigenvalue weighted by molar-refractivity contribution is -0.152. The van der Waals surface area contributed by atoms with E-state index in [0.29, 0.717) is 0 Å². The van der Waals surface area contributed by atoms with Gasteiger partial charge in [-0.15, -0.1) is 0 Å². The summed E-state index contributed by atoms with van der Waals surface area (Å²) in [6, 6.07) is 1.69. The smallest absolute Gasteiger partial charge is 0.396 e. The highest BCUT2D eigenvalue weighted by Crippen LogP contribution is 1.98. The maximum absolute atomic E-state index is 10.9. The van der Waals surface area contributed by atoms with Gasteiger partial charge in [0.25, 0.3) is 0 Å². The van der Waals surface area contributed by atoms with E-state index < -0.39 is 11.9 Å². The average Bonchev–Trinajstić information content (AvgIpc) is 2.65. The Hall–Kier alpha value is -1.78. The molecule has 0 aromatic carbocycles. The zero-order chi connectivity index (χ0) is 9.68. The van der Waals surface area contributed by atoms with E-state index in [2.05, 4.69) is 10.1 Å². The van der Waals surface area contributed by atoms with Crippen LogP contribution in [0.1, 0.15) is 5.56 Å². The lowest BCUT2D eigenvalue weighted by Gasteiger charge is -2.00. The van der Waals surface area contributed by atoms with Crippen LogP contribution in [0, 0.1) is 0 Å². The van der Waals surface area contributed by atoms with Crippen LogP contribution in [-0.2, 0) is 20.9 Å². The van der Waals surface area contributed by atoms with Crippen LogP contribution in [0.4, 0.5) is 0 Å². The van der Waals surface area contributed by atoms with Crippen LogP contribution in [0.15, 0.2) is 23.0 Å². The first kappa shape index (κ1) is 9.31. The van der Waals surface area contributed by atoms with Crippen molar-refractivity contribution >= 4 is 11.9 Å². The van der Waals surface area contributed by atoms with E-state index >= 15 is 0 Å². The number of nitrogens with one attached hydrogen (secondary N) is 1. The summed E-state index contributed by atoms with van der Waals surface area (Å²) in [6.45, 7) is 0.254. The highest BCUT2D eigenvalue weighted by molar-refractivity contribution is 6.32. The summed E-state index contributed by atoms with van der Waals surface area (Å²) >= 11 is 0. The molecule has 0 atom stereocenters. The van der Waals surface area contributed by atoms with Gasteiger partial charge in [-0.3, -0.25) is 4.79 Å². The second kappa shape index (κ2) is 4.30. The van der Waals surface area contributed by atoms with Crippen LogP contribution in [0.25, 0.3) is 0 Å². The van der Waals surface area contributed by atoms with Crippen molar-refractivity contribution in [2.24, 2.45) is 0 Å². The Kier molecular flexibility index (Phi) is 3.08. The van der Waals surface area contributed by atoms with Crippen LogP contribution >= 0.6 is 0 Å². The van der Waals surface area contributed by atoms with Crippen molar-refractivity contribution in [1.82, 2.24) is 5.32 Å². The van der Waals surface area contributed by atoms with E-state index in [1.54, 1.807) is 6.07 Å². The van der Waals surface area contributed by atoms with Gasteiger partial charge in [0, 0.05) is 12.1 Å². The van der Waals surface area contributed by atoms with E-state index in [0.717, 1.165) is 12.7 Å². The topological polar surface area (TPSA) is 68.5 Å². The Morgan fingerprint density at radius 1 is 1.62 bits per heavy atom. The maximum Gasteiger partial charge on any atom is 0.396 e. The fraction of sp³-hybridized carbons (Fsp3) is 0.250. The molecule has 1 rings (SSSR count). The molecule has 5 heteroatoms. The summed E-state index contributed by atoms with van der Waals surface area (Å²) in [4.78, 5) is 21.5. The van der Waals surface area contributed by atoms with Crippen molar-refractivity contribution in [2.75, 3.05) is 7.11 Å². The number of hydrogen-bond donors (Lipinski definition) is 1. The van der Waals surface area contributed by atoms with E-state index in [1.807, 2.05) is 0 Å².